The van der Waals surface area contributed by atoms with Crippen molar-refractivity contribution >= 4 is 41.3 Å². The van der Waals surface area contributed by atoms with Crippen LogP contribution >= 0.6 is 35.3 Å². The second-order valence-corrected chi connectivity index (χ2v) is 8.39. The minimum Gasteiger partial charge on any atom is -0.492 e. The predicted molar refractivity (Wildman–Crippen MR) is 143 cm³/mol. The van der Waals surface area contributed by atoms with Crippen LogP contribution in [0, 0.1) is 13.8 Å². The van der Waals surface area contributed by atoms with Gasteiger partial charge in [0, 0.05) is 36.5 Å². The van der Waals surface area contributed by atoms with Crippen molar-refractivity contribution in [3.05, 3.63) is 45.4 Å². The third-order valence-electron chi connectivity index (χ3n) is 4.99. The van der Waals surface area contributed by atoms with Crippen molar-refractivity contribution in [2.75, 3.05) is 39.3 Å². The maximum Gasteiger partial charge on any atom is 0.191 e. The molecule has 0 radical (unpaired) electrons. The first-order valence-corrected chi connectivity index (χ1v) is 11.8. The number of hydrogen-bond donors (Lipinski definition) is 2. The van der Waals surface area contributed by atoms with Gasteiger partial charge in [0.25, 0.3) is 0 Å². The number of benzene rings is 1. The Morgan fingerprint density at radius 3 is 2.52 bits per heavy atom. The van der Waals surface area contributed by atoms with Gasteiger partial charge in [0.1, 0.15) is 12.4 Å². The van der Waals surface area contributed by atoms with Gasteiger partial charge in [0.2, 0.25) is 0 Å². The van der Waals surface area contributed by atoms with Gasteiger partial charge >= 0.3 is 0 Å². The molecule has 0 aliphatic heterocycles. The van der Waals surface area contributed by atoms with Gasteiger partial charge in [-0.2, -0.15) is 0 Å². The number of thiazole rings is 1. The summed E-state index contributed by atoms with van der Waals surface area (Å²) in [4.78, 5) is 13.0. The Morgan fingerprint density at radius 2 is 1.87 bits per heavy atom. The molecule has 0 atom stereocenters. The van der Waals surface area contributed by atoms with E-state index in [0.29, 0.717) is 13.2 Å². The average molecular weight is 560 g/mol. The van der Waals surface area contributed by atoms with Crippen LogP contribution in [0.1, 0.15) is 41.9 Å². The van der Waals surface area contributed by atoms with Gasteiger partial charge < -0.3 is 20.3 Å². The number of halogens is 1. The Labute approximate surface area is 208 Å². The van der Waals surface area contributed by atoms with Crippen LogP contribution in [0.15, 0.2) is 29.3 Å². The maximum atomic E-state index is 6.06. The van der Waals surface area contributed by atoms with Crippen molar-refractivity contribution in [3.63, 3.8) is 0 Å². The summed E-state index contributed by atoms with van der Waals surface area (Å²) in [5, 5.41) is 7.91. The van der Waals surface area contributed by atoms with Gasteiger partial charge in [-0.3, -0.25) is 0 Å². The number of para-hydroxylation sites is 1. The number of aliphatic imine (C=N–C) groups is 1. The number of hydrogen-bond acceptors (Lipinski definition) is 5. The molecule has 2 rings (SSSR count). The topological polar surface area (TPSA) is 61.8 Å². The van der Waals surface area contributed by atoms with Crippen molar-refractivity contribution in [3.8, 4) is 5.75 Å². The number of rotatable bonds is 12. The number of ether oxygens (including phenoxy) is 1. The summed E-state index contributed by atoms with van der Waals surface area (Å²) >= 11 is 1.77. The number of likely N-dealkylation sites (N-methyl/N-ethyl adjacent to an activating group) is 1. The Bertz CT molecular complexity index is 773. The number of aryl methyl sites for hydroxylation is 2. The quantitative estimate of drug-likeness (QED) is 0.230. The number of aromatic nitrogens is 1. The van der Waals surface area contributed by atoms with Crippen LogP contribution in [0.2, 0.25) is 0 Å². The van der Waals surface area contributed by atoms with E-state index < -0.39 is 0 Å². The van der Waals surface area contributed by atoms with E-state index in [1.165, 1.54) is 9.88 Å². The van der Waals surface area contributed by atoms with E-state index in [4.69, 9.17) is 9.73 Å². The summed E-state index contributed by atoms with van der Waals surface area (Å²) in [6.45, 7) is 16.5. The van der Waals surface area contributed by atoms with Crippen molar-refractivity contribution < 1.29 is 4.74 Å². The highest BCUT2D eigenvalue weighted by molar-refractivity contribution is 14.0. The summed E-state index contributed by atoms with van der Waals surface area (Å²) in [5.74, 6) is 1.73. The zero-order valence-electron chi connectivity index (χ0n) is 19.5. The molecule has 1 heterocycles. The molecule has 0 saturated carbocycles. The number of guanidine groups is 1. The highest BCUT2D eigenvalue weighted by atomic mass is 127. The lowest BCUT2D eigenvalue weighted by molar-refractivity contribution is 0.221. The van der Waals surface area contributed by atoms with Crippen LogP contribution in [0.25, 0.3) is 0 Å². The molecule has 0 spiro atoms. The van der Waals surface area contributed by atoms with Crippen LogP contribution < -0.4 is 15.4 Å². The highest BCUT2D eigenvalue weighted by Gasteiger charge is 2.07. The number of nitrogens with zero attached hydrogens (tertiary/aromatic N) is 3. The Hall–Kier alpha value is -1.39. The standard InChI is InChI=1S/C23H37N5OS.HI/c1-6-24-23(25-14-13-22-27-18(4)19(5)30-22)26-17-20-11-9-10-12-21(20)29-16-15-28(7-2)8-3;/h9-12H,6-8,13-17H2,1-5H3,(H2,24,25,26);1H. The van der Waals surface area contributed by atoms with Gasteiger partial charge in [-0.1, -0.05) is 32.0 Å². The molecule has 2 N–H and O–H groups in total. The normalized spacial score (nSPS) is 11.4. The van der Waals surface area contributed by atoms with Crippen LogP contribution in [-0.2, 0) is 13.0 Å². The van der Waals surface area contributed by atoms with Crippen molar-refractivity contribution in [2.24, 2.45) is 4.99 Å². The molecule has 1 aromatic heterocycles. The van der Waals surface area contributed by atoms with Crippen molar-refractivity contribution in [1.29, 1.82) is 0 Å². The molecule has 0 aliphatic rings. The molecule has 0 aliphatic carbocycles. The fourth-order valence-electron chi connectivity index (χ4n) is 3.04. The largest absolute Gasteiger partial charge is 0.492 e. The lowest BCUT2D eigenvalue weighted by atomic mass is 10.2. The average Bonchev–Trinajstić information content (AvgIpc) is 3.07. The van der Waals surface area contributed by atoms with Crippen molar-refractivity contribution in [2.45, 2.75) is 47.6 Å². The van der Waals surface area contributed by atoms with Gasteiger partial charge in [0.05, 0.1) is 17.2 Å². The van der Waals surface area contributed by atoms with E-state index in [2.05, 4.69) is 61.2 Å². The molecule has 0 amide bonds. The Morgan fingerprint density at radius 1 is 1.13 bits per heavy atom. The van der Waals surface area contributed by atoms with E-state index in [0.717, 1.165) is 62.1 Å². The van der Waals surface area contributed by atoms with E-state index in [-0.39, 0.29) is 24.0 Å². The van der Waals surface area contributed by atoms with Crippen LogP contribution in [0.3, 0.4) is 0 Å². The van der Waals surface area contributed by atoms with Gasteiger partial charge in [-0.25, -0.2) is 9.98 Å². The molecule has 174 valence electrons. The molecule has 0 fully saturated rings. The molecular formula is C23H38IN5OS. The van der Waals surface area contributed by atoms with E-state index in [1.54, 1.807) is 11.3 Å². The van der Waals surface area contributed by atoms with Gasteiger partial charge in [-0.05, 0) is 39.9 Å². The summed E-state index contributed by atoms with van der Waals surface area (Å²) in [6.07, 6.45) is 0.898. The maximum absolute atomic E-state index is 6.06. The molecule has 2 aromatic rings. The lowest BCUT2D eigenvalue weighted by Crippen LogP contribution is -2.38. The molecule has 0 unspecified atom stereocenters. The van der Waals surface area contributed by atoms with Crippen LogP contribution in [0.4, 0.5) is 0 Å². The van der Waals surface area contributed by atoms with E-state index in [1.807, 2.05) is 18.2 Å². The smallest absolute Gasteiger partial charge is 0.191 e. The first kappa shape index (κ1) is 27.6. The first-order chi connectivity index (χ1) is 14.6. The highest BCUT2D eigenvalue weighted by Crippen LogP contribution is 2.19. The van der Waals surface area contributed by atoms with Crippen LogP contribution in [-0.4, -0.2) is 55.2 Å². The monoisotopic (exact) mass is 559 g/mol. The summed E-state index contributed by atoms with van der Waals surface area (Å²) in [6, 6.07) is 8.17. The molecule has 8 heteroatoms. The Kier molecular flexibility index (Phi) is 13.7. The fourth-order valence-corrected chi connectivity index (χ4v) is 3.97. The second kappa shape index (κ2) is 15.4. The van der Waals surface area contributed by atoms with Crippen LogP contribution in [0.5, 0.6) is 5.75 Å². The SMILES string of the molecule is CCNC(=NCc1ccccc1OCCN(CC)CC)NCCc1nc(C)c(C)s1.I. The van der Waals surface area contributed by atoms with Crippen molar-refractivity contribution in [1.82, 2.24) is 20.5 Å². The number of nitrogens with one attached hydrogen (secondary N) is 2. The molecule has 6 nitrogen and oxygen atoms in total. The van der Waals surface area contributed by atoms with E-state index >= 15 is 0 Å². The molecule has 31 heavy (non-hydrogen) atoms. The zero-order valence-corrected chi connectivity index (χ0v) is 22.7. The molecule has 0 bridgehead atoms. The van der Waals surface area contributed by atoms with Gasteiger partial charge in [0.15, 0.2) is 5.96 Å². The predicted octanol–water partition coefficient (Wildman–Crippen LogP) is 4.40. The first-order valence-electron chi connectivity index (χ1n) is 10.9. The third-order valence-corrected chi connectivity index (χ3v) is 6.12. The minimum atomic E-state index is 0. The summed E-state index contributed by atoms with van der Waals surface area (Å²) < 4.78 is 6.06. The molecular weight excluding hydrogens is 521 g/mol. The lowest BCUT2D eigenvalue weighted by Gasteiger charge is -2.18. The molecule has 1 aromatic carbocycles. The summed E-state index contributed by atoms with van der Waals surface area (Å²) in [7, 11) is 0. The molecule has 0 saturated heterocycles. The third kappa shape index (κ3) is 9.74. The minimum absolute atomic E-state index is 0. The summed E-state index contributed by atoms with van der Waals surface area (Å²) in [5.41, 5.74) is 2.23. The fraction of sp³-hybridized carbons (Fsp3) is 0.565. The van der Waals surface area contributed by atoms with E-state index in [9.17, 15) is 0 Å². The second-order valence-electron chi connectivity index (χ2n) is 7.10. The van der Waals surface area contributed by atoms with Gasteiger partial charge in [-0.15, -0.1) is 35.3 Å². The zero-order chi connectivity index (χ0) is 21.8. The Balaban J connectivity index is 0.00000480.